The highest BCUT2D eigenvalue weighted by molar-refractivity contribution is 5.97. The number of likely N-dealkylation sites (tertiary alicyclic amines) is 1. The zero-order valence-corrected chi connectivity index (χ0v) is 22.1. The van der Waals surface area contributed by atoms with Gasteiger partial charge in [-0.2, -0.15) is 0 Å². The molecule has 39 heavy (non-hydrogen) atoms. The van der Waals surface area contributed by atoms with Crippen LogP contribution < -0.4 is 10.2 Å². The molecule has 2 saturated heterocycles. The quantitative estimate of drug-likeness (QED) is 0.430. The molecule has 2 aliphatic heterocycles. The van der Waals surface area contributed by atoms with Crippen molar-refractivity contribution >= 4 is 29.1 Å². The van der Waals surface area contributed by atoms with Crippen molar-refractivity contribution in [3.8, 4) is 0 Å². The minimum Gasteiger partial charge on any atom is -0.354 e. The molecule has 0 bridgehead atoms. The molecule has 1 aliphatic carbocycles. The van der Waals surface area contributed by atoms with Gasteiger partial charge in [-0.25, -0.2) is 0 Å². The lowest BCUT2D eigenvalue weighted by molar-refractivity contribution is -0.384. The van der Waals surface area contributed by atoms with Crippen LogP contribution in [0.2, 0.25) is 0 Å². The summed E-state index contributed by atoms with van der Waals surface area (Å²) >= 11 is 0. The maximum absolute atomic E-state index is 13.9. The Morgan fingerprint density at radius 1 is 0.974 bits per heavy atom. The van der Waals surface area contributed by atoms with Crippen molar-refractivity contribution in [2.75, 3.05) is 37.7 Å². The van der Waals surface area contributed by atoms with Crippen LogP contribution in [0, 0.1) is 16.0 Å². The van der Waals surface area contributed by atoms with Crippen LogP contribution in [0.5, 0.6) is 0 Å². The van der Waals surface area contributed by atoms with Gasteiger partial charge in [0.15, 0.2) is 0 Å². The Morgan fingerprint density at radius 3 is 2.28 bits per heavy atom. The first-order valence-corrected chi connectivity index (χ1v) is 13.8. The van der Waals surface area contributed by atoms with E-state index in [1.807, 2.05) is 30.3 Å². The lowest BCUT2D eigenvalue weighted by Gasteiger charge is -2.43. The Labute approximate surface area is 228 Å². The highest BCUT2D eigenvalue weighted by Crippen LogP contribution is 2.39. The molecule has 10 nitrogen and oxygen atoms in total. The Morgan fingerprint density at radius 2 is 1.64 bits per heavy atom. The third kappa shape index (κ3) is 5.60. The number of rotatable bonds is 7. The van der Waals surface area contributed by atoms with Crippen LogP contribution in [0.3, 0.4) is 0 Å². The van der Waals surface area contributed by atoms with E-state index in [9.17, 15) is 24.5 Å². The Balaban J connectivity index is 1.27. The minimum atomic E-state index is -0.836. The number of nitrogens with one attached hydrogen (secondary N) is 1. The van der Waals surface area contributed by atoms with Crippen molar-refractivity contribution in [1.29, 1.82) is 0 Å². The van der Waals surface area contributed by atoms with E-state index in [0.29, 0.717) is 50.6 Å². The number of hydrogen-bond donors (Lipinski definition) is 1. The summed E-state index contributed by atoms with van der Waals surface area (Å²) in [6, 6.07) is 15.3. The average Bonchev–Trinajstić information content (AvgIpc) is 3.23. The van der Waals surface area contributed by atoms with Gasteiger partial charge < -0.3 is 20.0 Å². The number of carbonyl (C=O) groups is 3. The number of non-ortho nitro benzene ring substituents is 1. The summed E-state index contributed by atoms with van der Waals surface area (Å²) < 4.78 is 0. The number of hydrogen-bond acceptors (Lipinski definition) is 6. The number of piperidine rings is 1. The smallest absolute Gasteiger partial charge is 0.269 e. The minimum absolute atomic E-state index is 0.0159. The molecule has 1 N–H and O–H groups in total. The largest absolute Gasteiger partial charge is 0.354 e. The molecule has 0 radical (unpaired) electrons. The van der Waals surface area contributed by atoms with E-state index in [4.69, 9.17) is 0 Å². The summed E-state index contributed by atoms with van der Waals surface area (Å²) in [5.41, 5.74) is 0.385. The zero-order valence-electron chi connectivity index (χ0n) is 22.1. The van der Waals surface area contributed by atoms with Gasteiger partial charge in [-0.1, -0.05) is 37.5 Å². The zero-order chi connectivity index (χ0) is 27.4. The molecular formula is C29H35N5O5. The third-order valence-corrected chi connectivity index (χ3v) is 8.43. The molecule has 0 atom stereocenters. The normalized spacial score (nSPS) is 19.4. The molecule has 5 rings (SSSR count). The number of benzene rings is 2. The molecule has 3 aliphatic rings. The van der Waals surface area contributed by atoms with E-state index in [1.54, 1.807) is 9.80 Å². The summed E-state index contributed by atoms with van der Waals surface area (Å²) in [7, 11) is 0. The molecule has 0 aromatic heterocycles. The summed E-state index contributed by atoms with van der Waals surface area (Å²) in [5, 5.41) is 14.0. The molecular weight excluding hydrogens is 498 g/mol. The summed E-state index contributed by atoms with van der Waals surface area (Å²) in [5.74, 6) is 0.0866. The number of amides is 3. The van der Waals surface area contributed by atoms with Crippen LogP contribution >= 0.6 is 0 Å². The highest BCUT2D eigenvalue weighted by atomic mass is 16.6. The van der Waals surface area contributed by atoms with E-state index >= 15 is 0 Å². The van der Waals surface area contributed by atoms with Gasteiger partial charge in [0.05, 0.1) is 11.6 Å². The lowest BCUT2D eigenvalue weighted by Crippen LogP contribution is -2.57. The molecule has 2 aromatic rings. The van der Waals surface area contributed by atoms with Crippen molar-refractivity contribution in [2.24, 2.45) is 5.92 Å². The van der Waals surface area contributed by atoms with Gasteiger partial charge in [0, 0.05) is 43.0 Å². The second kappa shape index (κ2) is 11.4. The van der Waals surface area contributed by atoms with Gasteiger partial charge in [0.25, 0.3) is 17.5 Å². The number of para-hydroxylation sites is 1. The Hall–Kier alpha value is -3.95. The first-order valence-electron chi connectivity index (χ1n) is 13.8. The molecule has 10 heteroatoms. The Bertz CT molecular complexity index is 1200. The molecule has 1 saturated carbocycles. The van der Waals surface area contributed by atoms with Gasteiger partial charge in [-0.15, -0.1) is 0 Å². The topological polar surface area (TPSA) is 116 Å². The molecule has 1 spiro atoms. The van der Waals surface area contributed by atoms with Gasteiger partial charge in [-0.05, 0) is 55.9 Å². The van der Waals surface area contributed by atoms with Gasteiger partial charge in [0.1, 0.15) is 12.1 Å². The van der Waals surface area contributed by atoms with Crippen molar-refractivity contribution < 1.29 is 19.3 Å². The van der Waals surface area contributed by atoms with Gasteiger partial charge in [0.2, 0.25) is 5.91 Å². The molecule has 2 heterocycles. The average molecular weight is 534 g/mol. The van der Waals surface area contributed by atoms with Crippen molar-refractivity contribution in [2.45, 2.75) is 50.5 Å². The number of nitrogens with zero attached hydrogens (tertiary/aromatic N) is 4. The predicted molar refractivity (Wildman–Crippen MR) is 146 cm³/mol. The van der Waals surface area contributed by atoms with Crippen LogP contribution in [-0.4, -0.2) is 70.8 Å². The standard InChI is InChI=1S/C29H35N5O5/c35-26(30-19-22-7-3-1-4-8-22)20-32-21-33(24-9-5-2-6-10-24)29(28(32)37)15-17-31(18-16-29)27(36)23-11-13-25(14-12-23)34(38)39/h2,5-6,9-14,22H,1,3-4,7-8,15-21H2,(H,30,35). The first-order chi connectivity index (χ1) is 18.9. The molecule has 2 aromatic carbocycles. The monoisotopic (exact) mass is 533 g/mol. The fourth-order valence-electron chi connectivity index (χ4n) is 6.19. The van der Waals surface area contributed by atoms with E-state index < -0.39 is 10.5 Å². The molecule has 0 unspecified atom stereocenters. The van der Waals surface area contributed by atoms with Crippen LogP contribution in [0.1, 0.15) is 55.3 Å². The van der Waals surface area contributed by atoms with Crippen molar-refractivity contribution in [1.82, 2.24) is 15.1 Å². The number of anilines is 1. The summed E-state index contributed by atoms with van der Waals surface area (Å²) in [6.45, 7) is 1.73. The van der Waals surface area contributed by atoms with E-state index in [1.165, 1.54) is 43.5 Å². The second-order valence-electron chi connectivity index (χ2n) is 10.8. The Kier molecular flexibility index (Phi) is 7.81. The van der Waals surface area contributed by atoms with Crippen molar-refractivity contribution in [3.63, 3.8) is 0 Å². The molecule has 206 valence electrons. The highest BCUT2D eigenvalue weighted by Gasteiger charge is 2.54. The lowest BCUT2D eigenvalue weighted by atomic mass is 9.85. The number of nitro groups is 1. The summed E-state index contributed by atoms with van der Waals surface area (Å²) in [4.78, 5) is 55.7. The fourth-order valence-corrected chi connectivity index (χ4v) is 6.19. The van der Waals surface area contributed by atoms with Crippen LogP contribution in [-0.2, 0) is 9.59 Å². The van der Waals surface area contributed by atoms with E-state index in [-0.39, 0.29) is 30.0 Å². The van der Waals surface area contributed by atoms with Crippen molar-refractivity contribution in [3.05, 3.63) is 70.3 Å². The summed E-state index contributed by atoms with van der Waals surface area (Å²) in [6.07, 6.45) is 6.83. The fraction of sp³-hybridized carbons (Fsp3) is 0.483. The van der Waals surface area contributed by atoms with Crippen LogP contribution in [0.25, 0.3) is 0 Å². The van der Waals surface area contributed by atoms with Crippen LogP contribution in [0.15, 0.2) is 54.6 Å². The maximum atomic E-state index is 13.9. The van der Waals surface area contributed by atoms with E-state index in [0.717, 1.165) is 18.5 Å². The number of carbonyl (C=O) groups excluding carboxylic acids is 3. The predicted octanol–water partition coefficient (Wildman–Crippen LogP) is 3.57. The first kappa shape index (κ1) is 26.6. The van der Waals surface area contributed by atoms with Crippen LogP contribution in [0.4, 0.5) is 11.4 Å². The third-order valence-electron chi connectivity index (χ3n) is 8.43. The number of nitro benzene ring substituents is 1. The molecule has 3 fully saturated rings. The van der Waals surface area contributed by atoms with E-state index in [2.05, 4.69) is 10.2 Å². The SMILES string of the molecule is O=C(CN1CN(c2ccccc2)C2(CCN(C(=O)c3ccc([N+](=O)[O-])cc3)CC2)C1=O)NCC1CCCCC1. The molecule has 3 amide bonds. The second-order valence-corrected chi connectivity index (χ2v) is 10.8. The van der Waals surface area contributed by atoms with Gasteiger partial charge in [-0.3, -0.25) is 24.5 Å². The van der Waals surface area contributed by atoms with Gasteiger partial charge >= 0.3 is 0 Å². The maximum Gasteiger partial charge on any atom is 0.269 e.